The zero-order valence-electron chi connectivity index (χ0n) is 15.8. The Morgan fingerprint density at radius 3 is 2.74 bits per heavy atom. The summed E-state index contributed by atoms with van der Waals surface area (Å²) in [7, 11) is 1.86. The summed E-state index contributed by atoms with van der Waals surface area (Å²) in [5, 5.41) is 0. The third kappa shape index (κ3) is 3.29. The monoisotopic (exact) mass is 433 g/mol. The van der Waals surface area contributed by atoms with Crippen LogP contribution in [0, 0.1) is 11.3 Å². The Bertz CT molecular complexity index is 829. The Hall–Kier alpha value is -1.79. The van der Waals surface area contributed by atoms with E-state index in [1.54, 1.807) is 12.1 Å². The number of carbonyl (C=O) groups excluding carboxylic acids is 1. The van der Waals surface area contributed by atoms with Gasteiger partial charge in [0.25, 0.3) is 5.91 Å². The van der Waals surface area contributed by atoms with E-state index in [1.165, 1.54) is 0 Å². The number of ether oxygens (including phenoxy) is 2. The van der Waals surface area contributed by atoms with Crippen molar-refractivity contribution < 1.29 is 18.7 Å². The molecule has 0 unspecified atom stereocenters. The Balaban J connectivity index is 1.40. The molecule has 1 aromatic carbocycles. The summed E-state index contributed by atoms with van der Waals surface area (Å²) in [6, 6.07) is 11.3. The molecule has 1 saturated carbocycles. The van der Waals surface area contributed by atoms with Crippen LogP contribution in [0.4, 0.5) is 0 Å². The van der Waals surface area contributed by atoms with Crippen LogP contribution in [-0.4, -0.2) is 36.6 Å². The fraction of sp³-hybridized carbons (Fsp3) is 0.476. The van der Waals surface area contributed by atoms with Crippen LogP contribution in [0.15, 0.2) is 45.3 Å². The van der Waals surface area contributed by atoms with Crippen LogP contribution in [-0.2, 0) is 11.3 Å². The fourth-order valence-corrected chi connectivity index (χ4v) is 4.90. The Kier molecular flexibility index (Phi) is 4.80. The SMILES string of the molecule is CN(C(=O)c1ccc(COc2ccc(Br)cc2)o1)[C@@H]1[C@@H]2CCO[C@@H]2C1(C)C. The molecule has 144 valence electrons. The molecular weight excluding hydrogens is 410 g/mol. The average Bonchev–Trinajstić information content (AvgIpc) is 3.28. The Morgan fingerprint density at radius 2 is 2.00 bits per heavy atom. The minimum atomic E-state index is -0.0895. The number of furan rings is 1. The third-order valence-electron chi connectivity index (χ3n) is 5.84. The second-order valence-corrected chi connectivity index (χ2v) is 8.85. The number of rotatable bonds is 5. The zero-order chi connectivity index (χ0) is 19.2. The molecule has 6 heteroatoms. The molecule has 1 aliphatic heterocycles. The molecule has 4 rings (SSSR count). The van der Waals surface area contributed by atoms with Crippen LogP contribution in [0.5, 0.6) is 5.75 Å². The lowest BCUT2D eigenvalue weighted by atomic mass is 9.57. The van der Waals surface area contributed by atoms with E-state index in [2.05, 4.69) is 29.8 Å². The number of nitrogens with zero attached hydrogens (tertiary/aromatic N) is 1. The highest BCUT2D eigenvalue weighted by Gasteiger charge is 2.61. The van der Waals surface area contributed by atoms with Crippen molar-refractivity contribution in [2.24, 2.45) is 11.3 Å². The summed E-state index contributed by atoms with van der Waals surface area (Å²) < 4.78 is 18.3. The number of amides is 1. The van der Waals surface area contributed by atoms with E-state index in [-0.39, 0.29) is 30.1 Å². The van der Waals surface area contributed by atoms with Gasteiger partial charge in [0.1, 0.15) is 18.1 Å². The first-order valence-electron chi connectivity index (χ1n) is 9.24. The van der Waals surface area contributed by atoms with Crippen LogP contribution in [0.3, 0.4) is 0 Å². The smallest absolute Gasteiger partial charge is 0.289 e. The van der Waals surface area contributed by atoms with E-state index in [1.807, 2.05) is 36.2 Å². The zero-order valence-corrected chi connectivity index (χ0v) is 17.4. The van der Waals surface area contributed by atoms with Gasteiger partial charge in [-0.25, -0.2) is 0 Å². The van der Waals surface area contributed by atoms with Crippen LogP contribution in [0.1, 0.15) is 36.6 Å². The highest BCUT2D eigenvalue weighted by molar-refractivity contribution is 9.10. The number of fused-ring (bicyclic) bond motifs is 1. The molecule has 0 N–H and O–H groups in total. The van der Waals surface area contributed by atoms with Gasteiger partial charge in [0, 0.05) is 35.5 Å². The first-order valence-corrected chi connectivity index (χ1v) is 10.0. The van der Waals surface area contributed by atoms with Crippen LogP contribution in [0.2, 0.25) is 0 Å². The number of hydrogen-bond acceptors (Lipinski definition) is 4. The third-order valence-corrected chi connectivity index (χ3v) is 6.37. The first kappa shape index (κ1) is 18.6. The van der Waals surface area contributed by atoms with Gasteiger partial charge in [-0.2, -0.15) is 0 Å². The molecule has 1 amide bonds. The summed E-state index contributed by atoms with van der Waals surface area (Å²) in [4.78, 5) is 14.8. The molecule has 27 heavy (non-hydrogen) atoms. The normalized spacial score (nSPS) is 25.6. The minimum Gasteiger partial charge on any atom is -0.486 e. The lowest BCUT2D eigenvalue weighted by Gasteiger charge is -2.57. The minimum absolute atomic E-state index is 0.0360. The van der Waals surface area contributed by atoms with Gasteiger partial charge >= 0.3 is 0 Å². The van der Waals surface area contributed by atoms with Gasteiger partial charge in [0.05, 0.1) is 6.10 Å². The molecule has 0 bridgehead atoms. The van der Waals surface area contributed by atoms with Crippen molar-refractivity contribution in [3.63, 3.8) is 0 Å². The van der Waals surface area contributed by atoms with Gasteiger partial charge in [0.2, 0.25) is 0 Å². The standard InChI is InChI=1S/C21H24BrNO4/c1-21(2)18(16-10-11-25-19(16)21)23(3)20(24)17-9-8-15(27-17)12-26-14-6-4-13(22)5-7-14/h4-9,16,18-19H,10-12H2,1-3H3/t16-,18+,19-/m0/s1. The predicted molar refractivity (Wildman–Crippen MR) is 105 cm³/mol. The molecule has 2 fully saturated rings. The predicted octanol–water partition coefficient (Wildman–Crippen LogP) is 4.51. The van der Waals surface area contributed by atoms with Gasteiger partial charge in [-0.05, 0) is 42.8 Å². The maximum atomic E-state index is 12.9. The van der Waals surface area contributed by atoms with Gasteiger partial charge < -0.3 is 18.8 Å². The van der Waals surface area contributed by atoms with E-state index in [0.29, 0.717) is 17.4 Å². The summed E-state index contributed by atoms with van der Waals surface area (Å²) in [5.41, 5.74) is -0.0360. The molecule has 3 atom stereocenters. The summed E-state index contributed by atoms with van der Waals surface area (Å²) in [6.45, 7) is 5.42. The molecule has 2 heterocycles. The molecule has 1 aliphatic carbocycles. The molecule has 0 radical (unpaired) electrons. The van der Waals surface area contributed by atoms with Crippen molar-refractivity contribution in [2.75, 3.05) is 13.7 Å². The molecule has 1 aromatic heterocycles. The second-order valence-electron chi connectivity index (χ2n) is 7.93. The summed E-state index contributed by atoms with van der Waals surface area (Å²) in [6.07, 6.45) is 1.27. The number of hydrogen-bond donors (Lipinski definition) is 0. The molecule has 2 aromatic rings. The van der Waals surface area contributed by atoms with Crippen molar-refractivity contribution >= 4 is 21.8 Å². The van der Waals surface area contributed by atoms with Gasteiger partial charge in [-0.1, -0.05) is 29.8 Å². The quantitative estimate of drug-likeness (QED) is 0.695. The van der Waals surface area contributed by atoms with E-state index in [9.17, 15) is 4.79 Å². The number of halogens is 1. The Labute approximate surface area is 167 Å². The molecule has 5 nitrogen and oxygen atoms in total. The van der Waals surface area contributed by atoms with Crippen molar-refractivity contribution in [1.29, 1.82) is 0 Å². The highest BCUT2D eigenvalue weighted by Crippen LogP contribution is 2.54. The summed E-state index contributed by atoms with van der Waals surface area (Å²) in [5.74, 6) is 2.07. The van der Waals surface area contributed by atoms with E-state index >= 15 is 0 Å². The van der Waals surface area contributed by atoms with Crippen LogP contribution >= 0.6 is 15.9 Å². The van der Waals surface area contributed by atoms with Gasteiger partial charge in [0.15, 0.2) is 5.76 Å². The molecule has 2 aliphatic rings. The van der Waals surface area contributed by atoms with Gasteiger partial charge in [-0.3, -0.25) is 4.79 Å². The van der Waals surface area contributed by atoms with E-state index in [0.717, 1.165) is 23.2 Å². The lowest BCUT2D eigenvalue weighted by molar-refractivity contribution is -0.140. The maximum absolute atomic E-state index is 12.9. The topological polar surface area (TPSA) is 51.9 Å². The largest absolute Gasteiger partial charge is 0.486 e. The van der Waals surface area contributed by atoms with E-state index < -0.39 is 0 Å². The molecular formula is C21H24BrNO4. The fourth-order valence-electron chi connectivity index (χ4n) is 4.64. The lowest BCUT2D eigenvalue weighted by Crippen LogP contribution is -2.66. The van der Waals surface area contributed by atoms with Crippen molar-refractivity contribution in [3.05, 3.63) is 52.4 Å². The van der Waals surface area contributed by atoms with Gasteiger partial charge in [-0.15, -0.1) is 0 Å². The van der Waals surface area contributed by atoms with Crippen molar-refractivity contribution in [3.8, 4) is 5.75 Å². The van der Waals surface area contributed by atoms with Crippen LogP contribution in [0.25, 0.3) is 0 Å². The second kappa shape index (κ2) is 6.99. The average molecular weight is 434 g/mol. The van der Waals surface area contributed by atoms with Crippen molar-refractivity contribution in [2.45, 2.75) is 39.0 Å². The summed E-state index contributed by atoms with van der Waals surface area (Å²) >= 11 is 3.40. The first-order chi connectivity index (χ1) is 12.9. The highest BCUT2D eigenvalue weighted by atomic mass is 79.9. The van der Waals surface area contributed by atoms with E-state index in [4.69, 9.17) is 13.9 Å². The Morgan fingerprint density at radius 1 is 1.26 bits per heavy atom. The molecule has 0 spiro atoms. The number of carbonyl (C=O) groups is 1. The van der Waals surface area contributed by atoms with Crippen molar-refractivity contribution in [1.82, 2.24) is 4.90 Å². The van der Waals surface area contributed by atoms with Crippen LogP contribution < -0.4 is 4.74 Å². The maximum Gasteiger partial charge on any atom is 0.289 e. The molecule has 1 saturated heterocycles. The number of benzene rings is 1.